The lowest BCUT2D eigenvalue weighted by atomic mass is 10.1. The molecular formula is C14H15N3O2. The van der Waals surface area contributed by atoms with Gasteiger partial charge in [-0.05, 0) is 36.8 Å². The summed E-state index contributed by atoms with van der Waals surface area (Å²) in [5, 5.41) is 12.0. The van der Waals surface area contributed by atoms with Gasteiger partial charge in [-0.15, -0.1) is 0 Å². The van der Waals surface area contributed by atoms with Gasteiger partial charge < -0.3 is 16.2 Å². The predicted molar refractivity (Wildman–Crippen MR) is 74.1 cm³/mol. The van der Waals surface area contributed by atoms with Gasteiger partial charge in [0.15, 0.2) is 0 Å². The third kappa shape index (κ3) is 3.01. The second-order valence-electron chi connectivity index (χ2n) is 4.23. The molecular weight excluding hydrogens is 242 g/mol. The highest BCUT2D eigenvalue weighted by Crippen LogP contribution is 2.20. The monoisotopic (exact) mass is 257 g/mol. The molecule has 0 aliphatic heterocycles. The van der Waals surface area contributed by atoms with Crippen LogP contribution < -0.4 is 11.1 Å². The number of hydrogen-bond donors (Lipinski definition) is 3. The molecule has 1 aromatic carbocycles. The molecule has 0 unspecified atom stereocenters. The Labute approximate surface area is 111 Å². The van der Waals surface area contributed by atoms with Gasteiger partial charge in [0.25, 0.3) is 0 Å². The smallest absolute Gasteiger partial charge is 0.335 e. The lowest BCUT2D eigenvalue weighted by molar-refractivity contribution is 0.0697. The molecule has 0 fully saturated rings. The molecule has 2 rings (SSSR count). The van der Waals surface area contributed by atoms with Crippen LogP contribution in [0.1, 0.15) is 21.6 Å². The fraction of sp³-hybridized carbons (Fsp3) is 0.143. The maximum absolute atomic E-state index is 10.8. The minimum absolute atomic E-state index is 0.178. The van der Waals surface area contributed by atoms with E-state index in [4.69, 9.17) is 10.8 Å². The number of aryl methyl sites for hydroxylation is 1. The summed E-state index contributed by atoms with van der Waals surface area (Å²) in [5.41, 5.74) is 9.14. The molecule has 1 aromatic heterocycles. The van der Waals surface area contributed by atoms with E-state index in [9.17, 15) is 4.79 Å². The van der Waals surface area contributed by atoms with Crippen molar-refractivity contribution in [3.05, 3.63) is 53.3 Å². The molecule has 0 radical (unpaired) electrons. The molecule has 0 atom stereocenters. The number of carboxylic acid groups (broad SMARTS) is 1. The maximum atomic E-state index is 10.8. The number of aromatic carboxylic acids is 1. The molecule has 19 heavy (non-hydrogen) atoms. The van der Waals surface area contributed by atoms with Gasteiger partial charge in [0.1, 0.15) is 0 Å². The molecule has 0 spiro atoms. The topological polar surface area (TPSA) is 88.2 Å². The molecule has 0 amide bonds. The van der Waals surface area contributed by atoms with E-state index in [0.29, 0.717) is 17.9 Å². The first-order chi connectivity index (χ1) is 9.08. The van der Waals surface area contributed by atoms with E-state index in [-0.39, 0.29) is 5.56 Å². The number of pyridine rings is 1. The van der Waals surface area contributed by atoms with Crippen LogP contribution in [0.4, 0.5) is 11.4 Å². The zero-order valence-electron chi connectivity index (χ0n) is 10.6. The summed E-state index contributed by atoms with van der Waals surface area (Å²) < 4.78 is 0. The molecule has 4 N–H and O–H groups in total. The van der Waals surface area contributed by atoms with Gasteiger partial charge in [-0.1, -0.05) is 6.07 Å². The summed E-state index contributed by atoms with van der Waals surface area (Å²) in [6.45, 7) is 2.53. The number of aromatic nitrogens is 1. The van der Waals surface area contributed by atoms with Crippen LogP contribution in [0.25, 0.3) is 0 Å². The first-order valence-corrected chi connectivity index (χ1v) is 5.85. The van der Waals surface area contributed by atoms with Crippen molar-refractivity contribution >= 4 is 17.3 Å². The minimum atomic E-state index is -0.987. The van der Waals surface area contributed by atoms with Gasteiger partial charge in [0.2, 0.25) is 0 Å². The average Bonchev–Trinajstić information content (AvgIpc) is 2.39. The van der Waals surface area contributed by atoms with Crippen molar-refractivity contribution in [3.8, 4) is 0 Å². The lowest BCUT2D eigenvalue weighted by Gasteiger charge is -2.10. The van der Waals surface area contributed by atoms with Crippen molar-refractivity contribution in [2.75, 3.05) is 11.1 Å². The maximum Gasteiger partial charge on any atom is 0.335 e. The van der Waals surface area contributed by atoms with Crippen molar-refractivity contribution in [1.29, 1.82) is 0 Å². The van der Waals surface area contributed by atoms with Gasteiger partial charge in [-0.3, -0.25) is 4.98 Å². The number of benzene rings is 1. The van der Waals surface area contributed by atoms with E-state index in [1.54, 1.807) is 12.3 Å². The molecule has 0 bridgehead atoms. The highest BCUT2D eigenvalue weighted by atomic mass is 16.4. The third-order valence-electron chi connectivity index (χ3n) is 2.86. The van der Waals surface area contributed by atoms with E-state index < -0.39 is 5.97 Å². The standard InChI is InChI=1S/C14H15N3O2/c1-9-3-2-6-16-13(9)8-17-12-5-4-10(14(18)19)7-11(12)15/h2-7,17H,8,15H2,1H3,(H,18,19). The van der Waals surface area contributed by atoms with E-state index in [2.05, 4.69) is 10.3 Å². The largest absolute Gasteiger partial charge is 0.478 e. The molecule has 5 nitrogen and oxygen atoms in total. The van der Waals surface area contributed by atoms with Gasteiger partial charge in [0.05, 0.1) is 29.2 Å². The Morgan fingerprint density at radius 3 is 2.84 bits per heavy atom. The number of nitrogens with zero attached hydrogens (tertiary/aromatic N) is 1. The van der Waals surface area contributed by atoms with Crippen LogP contribution in [0, 0.1) is 6.92 Å². The van der Waals surface area contributed by atoms with Gasteiger partial charge >= 0.3 is 5.97 Å². The van der Waals surface area contributed by atoms with E-state index in [0.717, 1.165) is 11.3 Å². The Morgan fingerprint density at radius 2 is 2.21 bits per heavy atom. The van der Waals surface area contributed by atoms with E-state index in [1.807, 2.05) is 19.1 Å². The molecule has 0 aliphatic rings. The van der Waals surface area contributed by atoms with E-state index in [1.165, 1.54) is 12.1 Å². The van der Waals surface area contributed by atoms with Gasteiger partial charge in [-0.2, -0.15) is 0 Å². The Hall–Kier alpha value is -2.56. The summed E-state index contributed by atoms with van der Waals surface area (Å²) >= 11 is 0. The van der Waals surface area contributed by atoms with Crippen molar-refractivity contribution in [3.63, 3.8) is 0 Å². The molecule has 1 heterocycles. The third-order valence-corrected chi connectivity index (χ3v) is 2.86. The van der Waals surface area contributed by atoms with Crippen molar-refractivity contribution < 1.29 is 9.90 Å². The average molecular weight is 257 g/mol. The summed E-state index contributed by atoms with van der Waals surface area (Å²) in [6, 6.07) is 8.50. The molecule has 0 saturated heterocycles. The van der Waals surface area contributed by atoms with Crippen molar-refractivity contribution in [2.45, 2.75) is 13.5 Å². The zero-order chi connectivity index (χ0) is 13.8. The Morgan fingerprint density at radius 1 is 1.42 bits per heavy atom. The number of hydrogen-bond acceptors (Lipinski definition) is 4. The number of nitrogens with one attached hydrogen (secondary N) is 1. The Bertz CT molecular complexity index is 611. The van der Waals surface area contributed by atoms with Crippen LogP contribution >= 0.6 is 0 Å². The van der Waals surface area contributed by atoms with Gasteiger partial charge in [0, 0.05) is 6.20 Å². The number of anilines is 2. The van der Waals surface area contributed by atoms with Crippen LogP contribution in [-0.4, -0.2) is 16.1 Å². The number of rotatable bonds is 4. The molecule has 98 valence electrons. The number of carboxylic acids is 1. The first kappa shape index (κ1) is 12.9. The van der Waals surface area contributed by atoms with Crippen molar-refractivity contribution in [2.24, 2.45) is 0 Å². The minimum Gasteiger partial charge on any atom is -0.478 e. The predicted octanol–water partition coefficient (Wildman–Crippen LogP) is 2.28. The zero-order valence-corrected chi connectivity index (χ0v) is 10.6. The molecule has 5 heteroatoms. The summed E-state index contributed by atoms with van der Waals surface area (Å²) in [5.74, 6) is -0.987. The second kappa shape index (κ2) is 5.39. The first-order valence-electron chi connectivity index (χ1n) is 5.85. The highest BCUT2D eigenvalue weighted by Gasteiger charge is 2.06. The fourth-order valence-corrected chi connectivity index (χ4v) is 1.74. The van der Waals surface area contributed by atoms with Crippen LogP contribution in [0.2, 0.25) is 0 Å². The fourth-order valence-electron chi connectivity index (χ4n) is 1.74. The van der Waals surface area contributed by atoms with Crippen LogP contribution in [0.3, 0.4) is 0 Å². The number of nitrogen functional groups attached to an aromatic ring is 1. The summed E-state index contributed by atoms with van der Waals surface area (Å²) in [7, 11) is 0. The highest BCUT2D eigenvalue weighted by molar-refractivity contribution is 5.90. The molecule has 0 saturated carbocycles. The van der Waals surface area contributed by atoms with Crippen LogP contribution in [-0.2, 0) is 6.54 Å². The van der Waals surface area contributed by atoms with Crippen LogP contribution in [0.5, 0.6) is 0 Å². The summed E-state index contributed by atoms with van der Waals surface area (Å²) in [6.07, 6.45) is 1.74. The van der Waals surface area contributed by atoms with Gasteiger partial charge in [-0.25, -0.2) is 4.79 Å². The van der Waals surface area contributed by atoms with Crippen LogP contribution in [0.15, 0.2) is 36.5 Å². The molecule has 2 aromatic rings. The SMILES string of the molecule is Cc1cccnc1CNc1ccc(C(=O)O)cc1N. The number of carbonyl (C=O) groups is 1. The quantitative estimate of drug-likeness (QED) is 0.731. The molecule has 0 aliphatic carbocycles. The van der Waals surface area contributed by atoms with E-state index >= 15 is 0 Å². The summed E-state index contributed by atoms with van der Waals surface area (Å²) in [4.78, 5) is 15.1. The Balaban J connectivity index is 2.12. The normalized spacial score (nSPS) is 10.2. The Kier molecular flexibility index (Phi) is 3.66. The lowest BCUT2D eigenvalue weighted by Crippen LogP contribution is -2.06. The second-order valence-corrected chi connectivity index (χ2v) is 4.23. The number of nitrogens with two attached hydrogens (primary N) is 1. The van der Waals surface area contributed by atoms with Crippen molar-refractivity contribution in [1.82, 2.24) is 4.98 Å².